The van der Waals surface area contributed by atoms with E-state index in [1.165, 1.54) is 19.2 Å². The molecule has 0 radical (unpaired) electrons. The van der Waals surface area contributed by atoms with Gasteiger partial charge in [0.25, 0.3) is 5.56 Å². The summed E-state index contributed by atoms with van der Waals surface area (Å²) >= 11 is 0. The van der Waals surface area contributed by atoms with Crippen molar-refractivity contribution in [1.82, 2.24) is 4.57 Å². The molecular weight excluding hydrogens is 313 g/mol. The highest BCUT2D eigenvalue weighted by Crippen LogP contribution is 2.35. The summed E-state index contributed by atoms with van der Waals surface area (Å²) in [5.41, 5.74) is -0.652. The van der Waals surface area contributed by atoms with Gasteiger partial charge in [-0.2, -0.15) is 22.0 Å². The molecule has 0 aliphatic carbocycles. The first-order chi connectivity index (χ1) is 10.0. The van der Waals surface area contributed by atoms with Gasteiger partial charge in [-0.1, -0.05) is 6.92 Å². The van der Waals surface area contributed by atoms with Crippen LogP contribution >= 0.6 is 0 Å². The smallest absolute Gasteiger partial charge is 0.369 e. The largest absolute Gasteiger partial charge is 0.455 e. The molecule has 1 rings (SSSR count). The second-order valence-electron chi connectivity index (χ2n) is 4.57. The van der Waals surface area contributed by atoms with Crippen molar-refractivity contribution < 1.29 is 31.5 Å². The lowest BCUT2D eigenvalue weighted by Crippen LogP contribution is -2.40. The highest BCUT2D eigenvalue weighted by Gasteiger charge is 2.57. The molecule has 124 valence electrons. The van der Waals surface area contributed by atoms with E-state index in [1.807, 2.05) is 0 Å². The minimum Gasteiger partial charge on any atom is -0.369 e. The van der Waals surface area contributed by atoms with Gasteiger partial charge in [0.1, 0.15) is 6.61 Å². The van der Waals surface area contributed by atoms with Crippen molar-refractivity contribution in [3.8, 4) is 0 Å². The molecule has 0 saturated heterocycles. The van der Waals surface area contributed by atoms with Crippen LogP contribution in [0.15, 0.2) is 16.9 Å². The van der Waals surface area contributed by atoms with Gasteiger partial charge in [0.2, 0.25) is 0 Å². The Hall–Kier alpha value is -1.77. The fourth-order valence-corrected chi connectivity index (χ4v) is 1.59. The van der Waals surface area contributed by atoms with Gasteiger partial charge in [-0.25, -0.2) is 0 Å². The minimum absolute atomic E-state index is 0.0747. The zero-order valence-electron chi connectivity index (χ0n) is 11.8. The van der Waals surface area contributed by atoms with Crippen molar-refractivity contribution in [2.45, 2.75) is 32.1 Å². The lowest BCUT2D eigenvalue weighted by atomic mass is 10.1. The van der Waals surface area contributed by atoms with Crippen molar-refractivity contribution in [3.63, 3.8) is 0 Å². The average Bonchev–Trinajstić information content (AvgIpc) is 2.41. The monoisotopic (exact) mass is 327 g/mol. The molecule has 0 unspecified atom stereocenters. The Kier molecular flexibility index (Phi) is 5.44. The summed E-state index contributed by atoms with van der Waals surface area (Å²) in [6.07, 6.45) is -5.58. The van der Waals surface area contributed by atoms with Crippen molar-refractivity contribution in [2.24, 2.45) is 7.05 Å². The Balaban J connectivity index is 2.83. The van der Waals surface area contributed by atoms with Crippen LogP contribution in [0, 0.1) is 0 Å². The third-order valence-corrected chi connectivity index (χ3v) is 2.98. The van der Waals surface area contributed by atoms with E-state index in [0.717, 1.165) is 4.57 Å². The average molecular weight is 327 g/mol. The van der Waals surface area contributed by atoms with Crippen molar-refractivity contribution in [3.05, 3.63) is 33.7 Å². The Morgan fingerprint density at radius 3 is 2.32 bits per heavy atom. The van der Waals surface area contributed by atoms with Crippen LogP contribution in [0.4, 0.5) is 22.0 Å². The maximum absolute atomic E-state index is 12.7. The van der Waals surface area contributed by atoms with Crippen LogP contribution in [0.25, 0.3) is 0 Å². The Morgan fingerprint density at radius 2 is 1.82 bits per heavy atom. The summed E-state index contributed by atoms with van der Waals surface area (Å²) in [6.45, 7) is -0.893. The number of alkyl halides is 5. The fourth-order valence-electron chi connectivity index (χ4n) is 1.59. The lowest BCUT2D eigenvalue weighted by molar-refractivity contribution is -0.297. The number of carbonyl (C=O) groups excluding carboxylic acids is 1. The number of nitrogens with zero attached hydrogens (tertiary/aromatic N) is 1. The molecule has 0 aromatic carbocycles. The van der Waals surface area contributed by atoms with Crippen molar-refractivity contribution in [1.29, 1.82) is 0 Å². The number of carbonyl (C=O) groups is 1. The fraction of sp³-hybridized carbons (Fsp3) is 0.538. The van der Waals surface area contributed by atoms with Gasteiger partial charge in [-0.15, -0.1) is 0 Å². The van der Waals surface area contributed by atoms with Gasteiger partial charge in [0, 0.05) is 19.2 Å². The molecule has 0 N–H and O–H groups in total. The topological polar surface area (TPSA) is 48.3 Å². The maximum atomic E-state index is 12.7. The zero-order chi connectivity index (χ0) is 17.1. The van der Waals surface area contributed by atoms with Crippen LogP contribution in [0.1, 0.15) is 29.4 Å². The maximum Gasteiger partial charge on any atom is 0.455 e. The SMILES string of the molecule is CCC(=O)c1ccc(COCC(F)(F)C(F)(F)F)n(C)c1=O. The number of hydrogen-bond donors (Lipinski definition) is 0. The molecule has 22 heavy (non-hydrogen) atoms. The molecule has 0 aliphatic heterocycles. The molecule has 4 nitrogen and oxygen atoms in total. The summed E-state index contributed by atoms with van der Waals surface area (Å²) in [4.78, 5) is 23.4. The molecule has 0 aliphatic rings. The first-order valence-electron chi connectivity index (χ1n) is 6.25. The van der Waals surface area contributed by atoms with Crippen LogP contribution in [0.2, 0.25) is 0 Å². The van der Waals surface area contributed by atoms with Gasteiger partial charge in [0.05, 0.1) is 12.2 Å². The first-order valence-corrected chi connectivity index (χ1v) is 6.25. The van der Waals surface area contributed by atoms with Crippen LogP contribution in [0.3, 0.4) is 0 Å². The number of aromatic nitrogens is 1. The van der Waals surface area contributed by atoms with E-state index in [4.69, 9.17) is 0 Å². The number of Topliss-reactive ketones (excluding diaryl/α,β-unsaturated/α-hetero) is 1. The highest BCUT2D eigenvalue weighted by atomic mass is 19.4. The minimum atomic E-state index is -5.70. The van der Waals surface area contributed by atoms with E-state index in [-0.39, 0.29) is 17.7 Å². The predicted octanol–water partition coefficient (Wildman–Crippen LogP) is 2.69. The van der Waals surface area contributed by atoms with Crippen LogP contribution in [0.5, 0.6) is 0 Å². The number of hydrogen-bond acceptors (Lipinski definition) is 3. The Bertz CT molecular complexity index is 607. The Labute approximate surface area is 122 Å². The van der Waals surface area contributed by atoms with Gasteiger partial charge in [-0.05, 0) is 12.1 Å². The molecule has 1 aromatic heterocycles. The first kappa shape index (κ1) is 18.3. The molecule has 1 aromatic rings. The third-order valence-electron chi connectivity index (χ3n) is 2.98. The molecule has 0 bridgehead atoms. The molecule has 1 heterocycles. The van der Waals surface area contributed by atoms with Gasteiger partial charge in [0.15, 0.2) is 5.78 Å². The van der Waals surface area contributed by atoms with Crippen LogP contribution < -0.4 is 5.56 Å². The van der Waals surface area contributed by atoms with Gasteiger partial charge < -0.3 is 9.30 Å². The quantitative estimate of drug-likeness (QED) is 0.596. The number of ketones is 1. The van der Waals surface area contributed by atoms with E-state index in [2.05, 4.69) is 4.74 Å². The standard InChI is InChI=1S/C13H14F5NO3/c1-3-10(20)9-5-4-8(19(2)11(9)21)6-22-7-12(14,15)13(16,17)18/h4-5H,3,6-7H2,1-2H3. The number of ether oxygens (including phenoxy) is 1. The summed E-state index contributed by atoms with van der Waals surface area (Å²) in [5, 5.41) is 0. The molecule has 0 saturated carbocycles. The van der Waals surface area contributed by atoms with E-state index < -0.39 is 36.7 Å². The molecule has 9 heteroatoms. The zero-order valence-corrected chi connectivity index (χ0v) is 11.8. The van der Waals surface area contributed by atoms with Crippen LogP contribution in [-0.2, 0) is 18.4 Å². The second-order valence-corrected chi connectivity index (χ2v) is 4.57. The van der Waals surface area contributed by atoms with Crippen molar-refractivity contribution in [2.75, 3.05) is 6.61 Å². The van der Waals surface area contributed by atoms with Gasteiger partial charge >= 0.3 is 12.1 Å². The van der Waals surface area contributed by atoms with Crippen LogP contribution in [-0.4, -0.2) is 29.1 Å². The lowest BCUT2D eigenvalue weighted by Gasteiger charge is -2.19. The molecular formula is C13H14F5NO3. The normalized spacial score (nSPS) is 12.5. The van der Waals surface area contributed by atoms with E-state index >= 15 is 0 Å². The summed E-state index contributed by atoms with van der Waals surface area (Å²) < 4.78 is 66.6. The second kappa shape index (κ2) is 6.55. The molecule has 0 atom stereocenters. The van der Waals surface area contributed by atoms with E-state index in [9.17, 15) is 31.5 Å². The number of rotatable bonds is 6. The predicted molar refractivity (Wildman–Crippen MR) is 67.0 cm³/mol. The van der Waals surface area contributed by atoms with Crippen molar-refractivity contribution >= 4 is 5.78 Å². The summed E-state index contributed by atoms with van der Waals surface area (Å²) in [6, 6.07) is 2.48. The van der Waals surface area contributed by atoms with E-state index in [1.54, 1.807) is 6.92 Å². The molecule has 0 amide bonds. The highest BCUT2D eigenvalue weighted by molar-refractivity contribution is 5.95. The van der Waals surface area contributed by atoms with E-state index in [0.29, 0.717) is 0 Å². The Morgan fingerprint density at radius 1 is 1.23 bits per heavy atom. The molecule has 0 spiro atoms. The number of halogens is 5. The number of pyridine rings is 1. The third kappa shape index (κ3) is 3.90. The molecule has 0 fully saturated rings. The summed E-state index contributed by atoms with van der Waals surface area (Å²) in [5.74, 6) is -5.36. The summed E-state index contributed by atoms with van der Waals surface area (Å²) in [7, 11) is 1.27. The van der Waals surface area contributed by atoms with Gasteiger partial charge in [-0.3, -0.25) is 9.59 Å².